The van der Waals surface area contributed by atoms with Gasteiger partial charge in [0.25, 0.3) is 5.91 Å². The number of amides is 1. The van der Waals surface area contributed by atoms with Gasteiger partial charge in [0, 0.05) is 31.4 Å². The highest BCUT2D eigenvalue weighted by Crippen LogP contribution is 2.27. The fourth-order valence-electron chi connectivity index (χ4n) is 2.36. The van der Waals surface area contributed by atoms with Crippen molar-refractivity contribution in [1.29, 1.82) is 0 Å². The maximum absolute atomic E-state index is 12.2. The summed E-state index contributed by atoms with van der Waals surface area (Å²) < 4.78 is 1.59. The van der Waals surface area contributed by atoms with Crippen LogP contribution in [0.5, 0.6) is 0 Å². The predicted molar refractivity (Wildman–Crippen MR) is 85.3 cm³/mol. The summed E-state index contributed by atoms with van der Waals surface area (Å²) in [6.45, 7) is 3.80. The molecule has 0 fully saturated rings. The topological polar surface area (TPSA) is 63.1 Å². The number of likely N-dealkylation sites (N-methyl/N-ethyl adjacent to an activating group) is 1. The Morgan fingerprint density at radius 1 is 1.43 bits per heavy atom. The number of thiazole rings is 1. The molecule has 114 valence electrons. The Balaban J connectivity index is 0.00000161. The van der Waals surface area contributed by atoms with Crippen molar-refractivity contribution in [3.05, 3.63) is 28.0 Å². The number of aryl methyl sites for hydroxylation is 2. The number of rotatable bonds is 2. The molecule has 0 aliphatic carbocycles. The summed E-state index contributed by atoms with van der Waals surface area (Å²) in [7, 11) is 3.86. The van der Waals surface area contributed by atoms with E-state index in [1.807, 2.05) is 6.92 Å². The molecule has 1 N–H and O–H groups in total. The van der Waals surface area contributed by atoms with Gasteiger partial charge in [-0.2, -0.15) is 5.10 Å². The molecule has 0 saturated carbocycles. The van der Waals surface area contributed by atoms with Gasteiger partial charge in [-0.15, -0.1) is 23.7 Å². The molecule has 3 rings (SSSR count). The Kier molecular flexibility index (Phi) is 4.65. The van der Waals surface area contributed by atoms with Crippen LogP contribution >= 0.6 is 23.7 Å². The number of aromatic nitrogens is 3. The molecule has 2 aromatic heterocycles. The summed E-state index contributed by atoms with van der Waals surface area (Å²) in [6, 6.07) is 1.77. The van der Waals surface area contributed by atoms with Crippen LogP contribution in [0.25, 0.3) is 0 Å². The minimum atomic E-state index is -0.160. The van der Waals surface area contributed by atoms with Crippen LogP contribution < -0.4 is 5.32 Å². The summed E-state index contributed by atoms with van der Waals surface area (Å²) in [5.41, 5.74) is 2.50. The molecule has 3 heterocycles. The summed E-state index contributed by atoms with van der Waals surface area (Å²) in [5.74, 6) is -0.160. The average molecular weight is 328 g/mol. The van der Waals surface area contributed by atoms with Crippen LogP contribution in [-0.4, -0.2) is 39.2 Å². The van der Waals surface area contributed by atoms with E-state index in [9.17, 15) is 4.79 Å². The van der Waals surface area contributed by atoms with Gasteiger partial charge in [0.1, 0.15) is 5.69 Å². The quantitative estimate of drug-likeness (QED) is 0.914. The molecular weight excluding hydrogens is 310 g/mol. The number of hydrogen-bond acceptors (Lipinski definition) is 5. The van der Waals surface area contributed by atoms with Crippen LogP contribution in [0.1, 0.15) is 26.8 Å². The summed E-state index contributed by atoms with van der Waals surface area (Å²) >= 11 is 1.56. The Bertz CT molecular complexity index is 666. The Hall–Kier alpha value is -1.44. The van der Waals surface area contributed by atoms with E-state index in [-0.39, 0.29) is 18.3 Å². The first-order valence-electron chi connectivity index (χ1n) is 6.52. The van der Waals surface area contributed by atoms with E-state index < -0.39 is 0 Å². The lowest BCUT2D eigenvalue weighted by molar-refractivity contribution is 0.101. The first-order chi connectivity index (χ1) is 9.52. The number of nitrogens with one attached hydrogen (secondary N) is 1. The second kappa shape index (κ2) is 6.13. The lowest BCUT2D eigenvalue weighted by Gasteiger charge is -2.20. The molecule has 21 heavy (non-hydrogen) atoms. The van der Waals surface area contributed by atoms with Crippen molar-refractivity contribution in [1.82, 2.24) is 19.7 Å². The fraction of sp³-hybridized carbons (Fsp3) is 0.462. The number of carbonyl (C=O) groups excluding carboxylic acids is 1. The van der Waals surface area contributed by atoms with E-state index in [2.05, 4.69) is 27.3 Å². The highest BCUT2D eigenvalue weighted by molar-refractivity contribution is 7.15. The van der Waals surface area contributed by atoms with Crippen molar-refractivity contribution in [2.24, 2.45) is 7.05 Å². The maximum Gasteiger partial charge on any atom is 0.275 e. The molecular formula is C13H18ClN5OS. The van der Waals surface area contributed by atoms with Crippen LogP contribution in [0.4, 0.5) is 5.13 Å². The largest absolute Gasteiger partial charge is 0.301 e. The Morgan fingerprint density at radius 2 is 2.19 bits per heavy atom. The molecule has 1 amide bonds. The van der Waals surface area contributed by atoms with Gasteiger partial charge in [-0.1, -0.05) is 0 Å². The van der Waals surface area contributed by atoms with Gasteiger partial charge >= 0.3 is 0 Å². The van der Waals surface area contributed by atoms with Crippen molar-refractivity contribution < 1.29 is 4.79 Å². The summed E-state index contributed by atoms with van der Waals surface area (Å²) in [5, 5.41) is 7.73. The molecule has 0 unspecified atom stereocenters. The normalized spacial score (nSPS) is 14.4. The van der Waals surface area contributed by atoms with Gasteiger partial charge in [0.05, 0.1) is 11.4 Å². The number of carbonyl (C=O) groups is 1. The van der Waals surface area contributed by atoms with E-state index in [1.165, 1.54) is 4.88 Å². The number of nitrogens with zero attached hydrogens (tertiary/aromatic N) is 4. The predicted octanol–water partition coefficient (Wildman–Crippen LogP) is 1.85. The molecule has 0 radical (unpaired) electrons. The van der Waals surface area contributed by atoms with Gasteiger partial charge in [0.2, 0.25) is 0 Å². The third-order valence-corrected chi connectivity index (χ3v) is 4.38. The molecule has 8 heteroatoms. The van der Waals surface area contributed by atoms with Crippen LogP contribution in [-0.2, 0) is 20.0 Å². The van der Waals surface area contributed by atoms with Crippen LogP contribution in [0.15, 0.2) is 6.07 Å². The highest BCUT2D eigenvalue weighted by atomic mass is 35.5. The van der Waals surface area contributed by atoms with Gasteiger partial charge in [-0.3, -0.25) is 14.8 Å². The smallest absolute Gasteiger partial charge is 0.275 e. The maximum atomic E-state index is 12.2. The molecule has 6 nitrogen and oxygen atoms in total. The van der Waals surface area contributed by atoms with Gasteiger partial charge in [-0.25, -0.2) is 4.98 Å². The first-order valence-corrected chi connectivity index (χ1v) is 7.33. The minimum absolute atomic E-state index is 0. The summed E-state index contributed by atoms with van der Waals surface area (Å²) in [6.07, 6.45) is 0.947. The van der Waals surface area contributed by atoms with E-state index in [4.69, 9.17) is 0 Å². The van der Waals surface area contributed by atoms with Crippen LogP contribution in [0.2, 0.25) is 0 Å². The lowest BCUT2D eigenvalue weighted by atomic mass is 10.2. The second-order valence-corrected chi connectivity index (χ2v) is 6.21. The average Bonchev–Trinajstić information content (AvgIpc) is 2.91. The van der Waals surface area contributed by atoms with Crippen molar-refractivity contribution in [3.8, 4) is 0 Å². The molecule has 0 saturated heterocycles. The van der Waals surface area contributed by atoms with Gasteiger partial charge in [0.15, 0.2) is 5.13 Å². The number of hydrogen-bond donors (Lipinski definition) is 1. The molecule has 1 aliphatic rings. The van der Waals surface area contributed by atoms with Crippen molar-refractivity contribution in [2.45, 2.75) is 19.9 Å². The molecule has 1 aliphatic heterocycles. The van der Waals surface area contributed by atoms with Crippen molar-refractivity contribution in [3.63, 3.8) is 0 Å². The third kappa shape index (κ3) is 3.25. The molecule has 2 aromatic rings. The number of fused-ring (bicyclic) bond motifs is 1. The molecule has 0 bridgehead atoms. The molecule has 0 aromatic carbocycles. The Morgan fingerprint density at radius 3 is 2.86 bits per heavy atom. The Labute approximate surface area is 133 Å². The first kappa shape index (κ1) is 15.9. The van der Waals surface area contributed by atoms with Crippen LogP contribution in [0, 0.1) is 6.92 Å². The zero-order chi connectivity index (χ0) is 14.3. The van der Waals surface area contributed by atoms with E-state index >= 15 is 0 Å². The SMILES string of the molecule is Cc1cc(C(=O)Nc2nc3c(s2)CN(C)CC3)n(C)n1.Cl. The van der Waals surface area contributed by atoms with Gasteiger partial charge < -0.3 is 4.90 Å². The zero-order valence-corrected chi connectivity index (χ0v) is 13.8. The minimum Gasteiger partial charge on any atom is -0.301 e. The highest BCUT2D eigenvalue weighted by Gasteiger charge is 2.20. The van der Waals surface area contributed by atoms with Crippen LogP contribution in [0.3, 0.4) is 0 Å². The van der Waals surface area contributed by atoms with Crippen molar-refractivity contribution >= 4 is 34.8 Å². The monoisotopic (exact) mass is 327 g/mol. The zero-order valence-electron chi connectivity index (χ0n) is 12.2. The van der Waals surface area contributed by atoms with E-state index in [0.29, 0.717) is 10.8 Å². The second-order valence-electron chi connectivity index (χ2n) is 5.13. The fourth-order valence-corrected chi connectivity index (χ4v) is 3.44. The standard InChI is InChI=1S/C13H17N5OS.ClH/c1-8-6-10(18(3)16-8)12(19)15-13-14-9-4-5-17(2)7-11(9)20-13;/h6H,4-5,7H2,1-3H3,(H,14,15,19);1H. The lowest BCUT2D eigenvalue weighted by Crippen LogP contribution is -2.25. The van der Waals surface area contributed by atoms with E-state index in [0.717, 1.165) is 30.9 Å². The summed E-state index contributed by atoms with van der Waals surface area (Å²) in [4.78, 5) is 20.2. The molecule has 0 atom stereocenters. The third-order valence-electron chi connectivity index (χ3n) is 3.38. The van der Waals surface area contributed by atoms with E-state index in [1.54, 1.807) is 29.1 Å². The number of halogens is 1. The van der Waals surface area contributed by atoms with Crippen molar-refractivity contribution in [2.75, 3.05) is 18.9 Å². The van der Waals surface area contributed by atoms with Gasteiger partial charge in [-0.05, 0) is 20.0 Å². The molecule has 0 spiro atoms. The number of anilines is 1.